The maximum atomic E-state index is 13.6. The molecule has 0 radical (unpaired) electrons. The van der Waals surface area contributed by atoms with Crippen molar-refractivity contribution in [2.24, 2.45) is 0 Å². The van der Waals surface area contributed by atoms with E-state index in [-0.39, 0.29) is 17.7 Å². The molecule has 0 unspecified atom stereocenters. The molecule has 21 heavy (non-hydrogen) atoms. The van der Waals surface area contributed by atoms with E-state index in [2.05, 4.69) is 25.6 Å². The van der Waals surface area contributed by atoms with Gasteiger partial charge in [-0.15, -0.1) is 0 Å². The first-order valence-corrected chi connectivity index (χ1v) is 6.33. The van der Waals surface area contributed by atoms with E-state index in [0.29, 0.717) is 18.2 Å². The Balaban J connectivity index is 2.25. The number of nitrogens with one attached hydrogen (secondary N) is 2. The molecule has 1 aromatic heterocycles. The van der Waals surface area contributed by atoms with Crippen LogP contribution in [0.4, 0.5) is 22.0 Å². The van der Waals surface area contributed by atoms with Crippen molar-refractivity contribution >= 4 is 17.6 Å². The van der Waals surface area contributed by atoms with E-state index in [1.807, 2.05) is 6.92 Å². The zero-order valence-electron chi connectivity index (χ0n) is 12.0. The molecule has 8 heteroatoms. The molecule has 0 aliphatic carbocycles. The molecule has 7 nitrogen and oxygen atoms in total. The third kappa shape index (κ3) is 3.68. The van der Waals surface area contributed by atoms with E-state index in [4.69, 9.17) is 9.47 Å². The second-order valence-corrected chi connectivity index (χ2v) is 3.92. The first kappa shape index (κ1) is 14.8. The van der Waals surface area contributed by atoms with Gasteiger partial charge in [-0.25, -0.2) is 4.39 Å². The predicted molar refractivity (Wildman–Crippen MR) is 76.8 cm³/mol. The number of halogens is 1. The van der Waals surface area contributed by atoms with Crippen LogP contribution in [0.15, 0.2) is 18.2 Å². The minimum atomic E-state index is -0.476. The van der Waals surface area contributed by atoms with Crippen LogP contribution in [0.5, 0.6) is 11.8 Å². The Kier molecular flexibility index (Phi) is 4.70. The Labute approximate surface area is 121 Å². The summed E-state index contributed by atoms with van der Waals surface area (Å²) in [5, 5.41) is 5.70. The summed E-state index contributed by atoms with van der Waals surface area (Å²) in [6, 6.07) is 4.65. The lowest BCUT2D eigenvalue weighted by molar-refractivity contribution is 0.312. The van der Waals surface area contributed by atoms with Crippen LogP contribution in [0.3, 0.4) is 0 Å². The normalized spacial score (nSPS) is 10.1. The average Bonchev–Trinajstić information content (AvgIpc) is 2.47. The van der Waals surface area contributed by atoms with Gasteiger partial charge in [0.05, 0.1) is 13.7 Å². The van der Waals surface area contributed by atoms with Crippen LogP contribution in [0.2, 0.25) is 0 Å². The van der Waals surface area contributed by atoms with E-state index in [9.17, 15) is 4.39 Å². The van der Waals surface area contributed by atoms with E-state index in [0.717, 1.165) is 0 Å². The van der Waals surface area contributed by atoms with E-state index in [1.165, 1.54) is 19.2 Å². The molecular formula is C13H16FN5O2. The molecule has 0 saturated carbocycles. The van der Waals surface area contributed by atoms with Gasteiger partial charge in [-0.2, -0.15) is 15.0 Å². The van der Waals surface area contributed by atoms with Gasteiger partial charge in [0.15, 0.2) is 11.6 Å². The fraction of sp³-hybridized carbons (Fsp3) is 0.308. The Morgan fingerprint density at radius 3 is 2.57 bits per heavy atom. The molecule has 0 aliphatic rings. The van der Waals surface area contributed by atoms with Crippen molar-refractivity contribution in [3.63, 3.8) is 0 Å². The number of rotatable bonds is 6. The van der Waals surface area contributed by atoms with Crippen LogP contribution in [-0.4, -0.2) is 35.7 Å². The maximum Gasteiger partial charge on any atom is 0.323 e. The van der Waals surface area contributed by atoms with Crippen molar-refractivity contribution < 1.29 is 13.9 Å². The van der Waals surface area contributed by atoms with Gasteiger partial charge < -0.3 is 20.1 Å². The number of hydrogen-bond acceptors (Lipinski definition) is 7. The molecule has 0 fully saturated rings. The predicted octanol–water partition coefficient (Wildman–Crippen LogP) is 2.20. The molecule has 1 aromatic carbocycles. The van der Waals surface area contributed by atoms with Crippen LogP contribution in [0.1, 0.15) is 6.92 Å². The highest BCUT2D eigenvalue weighted by Gasteiger charge is 2.08. The van der Waals surface area contributed by atoms with Gasteiger partial charge in [0.2, 0.25) is 11.9 Å². The van der Waals surface area contributed by atoms with Crippen LogP contribution in [-0.2, 0) is 0 Å². The molecular weight excluding hydrogens is 277 g/mol. The topological polar surface area (TPSA) is 81.2 Å². The van der Waals surface area contributed by atoms with Crippen LogP contribution in [0.25, 0.3) is 0 Å². The van der Waals surface area contributed by atoms with Crippen molar-refractivity contribution in [1.82, 2.24) is 15.0 Å². The molecule has 2 N–H and O–H groups in total. The van der Waals surface area contributed by atoms with Crippen LogP contribution < -0.4 is 20.1 Å². The standard InChI is InChI=1S/C13H16FN5O2/c1-4-21-13-18-11(15-2)17-12(19-13)16-8-5-6-10(20-3)9(14)7-8/h5-7H,4H2,1-3H3,(H2,15,16,17,18,19). The van der Waals surface area contributed by atoms with Crippen molar-refractivity contribution in [2.75, 3.05) is 31.4 Å². The number of anilines is 3. The molecule has 0 atom stereocenters. The van der Waals surface area contributed by atoms with E-state index >= 15 is 0 Å². The molecule has 0 saturated heterocycles. The molecule has 2 aromatic rings. The summed E-state index contributed by atoms with van der Waals surface area (Å²) < 4.78 is 23.8. The summed E-state index contributed by atoms with van der Waals surface area (Å²) in [7, 11) is 3.09. The minimum Gasteiger partial charge on any atom is -0.494 e. The molecule has 0 amide bonds. The van der Waals surface area contributed by atoms with Crippen molar-refractivity contribution in [2.45, 2.75) is 6.92 Å². The largest absolute Gasteiger partial charge is 0.494 e. The Hall–Kier alpha value is -2.64. The Bertz CT molecular complexity index is 624. The quantitative estimate of drug-likeness (QED) is 0.845. The van der Waals surface area contributed by atoms with Crippen molar-refractivity contribution in [1.29, 1.82) is 0 Å². The number of ether oxygens (including phenoxy) is 2. The SMILES string of the molecule is CCOc1nc(NC)nc(Nc2ccc(OC)c(F)c2)n1. The minimum absolute atomic E-state index is 0.169. The van der Waals surface area contributed by atoms with Gasteiger partial charge >= 0.3 is 6.01 Å². The maximum absolute atomic E-state index is 13.6. The fourth-order valence-electron chi connectivity index (χ4n) is 1.59. The zero-order valence-corrected chi connectivity index (χ0v) is 12.0. The highest BCUT2D eigenvalue weighted by Crippen LogP contribution is 2.23. The second kappa shape index (κ2) is 6.69. The third-order valence-corrected chi connectivity index (χ3v) is 2.52. The first-order chi connectivity index (χ1) is 10.2. The lowest BCUT2D eigenvalue weighted by atomic mass is 10.3. The molecule has 0 aliphatic heterocycles. The average molecular weight is 293 g/mol. The first-order valence-electron chi connectivity index (χ1n) is 6.33. The zero-order chi connectivity index (χ0) is 15.2. The highest BCUT2D eigenvalue weighted by molar-refractivity contribution is 5.56. The van der Waals surface area contributed by atoms with E-state index in [1.54, 1.807) is 13.1 Å². The number of benzene rings is 1. The molecule has 0 spiro atoms. The van der Waals surface area contributed by atoms with Crippen LogP contribution in [0, 0.1) is 5.82 Å². The lowest BCUT2D eigenvalue weighted by Gasteiger charge is -2.09. The summed E-state index contributed by atoms with van der Waals surface area (Å²) in [6.45, 7) is 2.26. The van der Waals surface area contributed by atoms with Gasteiger partial charge in [-0.3, -0.25) is 0 Å². The van der Waals surface area contributed by atoms with Gasteiger partial charge in [-0.05, 0) is 19.1 Å². The van der Waals surface area contributed by atoms with Gasteiger partial charge in [0, 0.05) is 18.8 Å². The van der Waals surface area contributed by atoms with Crippen molar-refractivity contribution in [3.8, 4) is 11.8 Å². The molecule has 1 heterocycles. The molecule has 0 bridgehead atoms. The number of nitrogens with zero attached hydrogens (tertiary/aromatic N) is 3. The summed E-state index contributed by atoms with van der Waals surface area (Å²) in [4.78, 5) is 12.3. The third-order valence-electron chi connectivity index (χ3n) is 2.52. The van der Waals surface area contributed by atoms with Gasteiger partial charge in [0.25, 0.3) is 0 Å². The van der Waals surface area contributed by atoms with E-state index < -0.39 is 5.82 Å². The summed E-state index contributed by atoms with van der Waals surface area (Å²) in [5.41, 5.74) is 0.490. The number of hydrogen-bond donors (Lipinski definition) is 2. The fourth-order valence-corrected chi connectivity index (χ4v) is 1.59. The monoisotopic (exact) mass is 293 g/mol. The van der Waals surface area contributed by atoms with Crippen LogP contribution >= 0.6 is 0 Å². The van der Waals surface area contributed by atoms with Gasteiger partial charge in [0.1, 0.15) is 0 Å². The smallest absolute Gasteiger partial charge is 0.323 e. The lowest BCUT2D eigenvalue weighted by Crippen LogP contribution is -2.07. The summed E-state index contributed by atoms with van der Waals surface area (Å²) in [6.07, 6.45) is 0. The Morgan fingerprint density at radius 2 is 1.95 bits per heavy atom. The molecule has 112 valence electrons. The molecule has 2 rings (SSSR count). The van der Waals surface area contributed by atoms with Crippen molar-refractivity contribution in [3.05, 3.63) is 24.0 Å². The number of aromatic nitrogens is 3. The Morgan fingerprint density at radius 1 is 1.19 bits per heavy atom. The summed E-state index contributed by atoms with van der Waals surface area (Å²) in [5.74, 6) is 0.296. The number of methoxy groups -OCH3 is 1. The second-order valence-electron chi connectivity index (χ2n) is 3.92. The van der Waals surface area contributed by atoms with Gasteiger partial charge in [-0.1, -0.05) is 0 Å². The highest BCUT2D eigenvalue weighted by atomic mass is 19.1. The summed E-state index contributed by atoms with van der Waals surface area (Å²) >= 11 is 0.